The first-order valence-corrected chi connectivity index (χ1v) is 23.9. The molecule has 0 atom stereocenters. The van der Waals surface area contributed by atoms with E-state index in [9.17, 15) is 0 Å². The largest absolute Gasteiger partial charge is 0.457 e. The molecule has 14 rings (SSSR count). The quantitative estimate of drug-likeness (QED) is 0.166. The number of benzene rings is 9. The smallest absolute Gasteiger partial charge is 0.164 e. The molecule has 7 heteroatoms. The van der Waals surface area contributed by atoms with E-state index in [0.717, 1.165) is 94.0 Å². The minimum atomic E-state index is -0.690. The molecule has 0 saturated heterocycles. The molecule has 1 aliphatic carbocycles. The molecule has 9 aromatic carbocycles. The molecule has 2 aliphatic rings. The number of rotatable bonds is 6. The number of hydrogen-bond donors (Lipinski definition) is 0. The lowest BCUT2D eigenvalue weighted by atomic mass is 9.66. The van der Waals surface area contributed by atoms with Crippen LogP contribution >= 0.6 is 11.3 Å². The summed E-state index contributed by atoms with van der Waals surface area (Å²) in [6, 6.07) is 78.5. The number of fused-ring (bicyclic) bond motifs is 12. The summed E-state index contributed by atoms with van der Waals surface area (Å²) >= 11 is 1.75. The van der Waals surface area contributed by atoms with Crippen LogP contribution < -0.4 is 4.74 Å². The molecule has 0 amide bonds. The highest BCUT2D eigenvalue weighted by atomic mass is 32.1. The predicted octanol–water partition coefficient (Wildman–Crippen LogP) is 15.5. The van der Waals surface area contributed by atoms with E-state index in [1.54, 1.807) is 11.3 Å². The van der Waals surface area contributed by atoms with Crippen molar-refractivity contribution in [2.24, 2.45) is 0 Å². The lowest BCUT2D eigenvalue weighted by molar-refractivity contribution is 0.436. The minimum absolute atomic E-state index is 0.600. The van der Waals surface area contributed by atoms with Crippen molar-refractivity contribution in [3.8, 4) is 90.6 Å². The van der Waals surface area contributed by atoms with Crippen molar-refractivity contribution in [1.82, 2.24) is 24.9 Å². The summed E-state index contributed by atoms with van der Waals surface area (Å²) in [5.74, 6) is 4.20. The maximum absolute atomic E-state index is 6.73. The maximum Gasteiger partial charge on any atom is 0.164 e. The van der Waals surface area contributed by atoms with Crippen molar-refractivity contribution in [3.63, 3.8) is 0 Å². The maximum atomic E-state index is 6.73. The van der Waals surface area contributed by atoms with Crippen molar-refractivity contribution in [3.05, 3.63) is 247 Å². The van der Waals surface area contributed by atoms with E-state index in [-0.39, 0.29) is 0 Å². The van der Waals surface area contributed by atoms with Gasteiger partial charge in [-0.2, -0.15) is 0 Å². The normalized spacial score (nSPS) is 12.9. The second-order valence-corrected chi connectivity index (χ2v) is 18.5. The van der Waals surface area contributed by atoms with Crippen molar-refractivity contribution >= 4 is 31.6 Å². The molecule has 0 bridgehead atoms. The zero-order valence-electron chi connectivity index (χ0n) is 36.9. The van der Waals surface area contributed by atoms with Crippen LogP contribution in [0.5, 0.6) is 11.5 Å². The molecule has 6 nitrogen and oxygen atoms in total. The van der Waals surface area contributed by atoms with Gasteiger partial charge in [0.15, 0.2) is 23.3 Å². The molecule has 322 valence electrons. The average molecular weight is 900 g/mol. The molecule has 0 saturated carbocycles. The molecule has 12 aromatic rings. The Bertz CT molecular complexity index is 3900. The molecule has 4 heterocycles. The summed E-state index contributed by atoms with van der Waals surface area (Å²) < 4.78 is 9.01. The van der Waals surface area contributed by atoms with Crippen LogP contribution in [0.3, 0.4) is 0 Å². The van der Waals surface area contributed by atoms with Crippen molar-refractivity contribution in [1.29, 1.82) is 0 Å². The van der Waals surface area contributed by atoms with Gasteiger partial charge in [-0.15, -0.1) is 11.3 Å². The van der Waals surface area contributed by atoms with Crippen LogP contribution in [0.4, 0.5) is 0 Å². The van der Waals surface area contributed by atoms with Gasteiger partial charge in [-0.05, 0) is 63.7 Å². The standard InChI is InChI=1S/C62H37N5OS/c1-4-18-38(19-5-1)55-57-56(45-26-10-15-33-53(45)69-57)64-60(63-55)42-25-16-24-41(36-42)44-27-17-30-50-54(44)46-37-43(61-66-58(39-20-6-2-7-21-39)65-59(67-61)40-22-8-3-9-23-40)34-35-47(46)62(50)48-28-11-13-31-51(48)68-52-32-14-12-29-49(52)62/h1-37H. The van der Waals surface area contributed by atoms with Gasteiger partial charge in [-0.25, -0.2) is 24.9 Å². The van der Waals surface area contributed by atoms with Crippen LogP contribution in [-0.2, 0) is 5.41 Å². The number of para-hydroxylation sites is 2. The van der Waals surface area contributed by atoms with Crippen molar-refractivity contribution in [2.75, 3.05) is 0 Å². The summed E-state index contributed by atoms with van der Waals surface area (Å²) in [6.45, 7) is 0. The summed E-state index contributed by atoms with van der Waals surface area (Å²) in [7, 11) is 0. The van der Waals surface area contributed by atoms with E-state index >= 15 is 0 Å². The van der Waals surface area contributed by atoms with Gasteiger partial charge in [0, 0.05) is 49.0 Å². The number of hydrogen-bond acceptors (Lipinski definition) is 7. The van der Waals surface area contributed by atoms with Crippen LogP contribution in [0.25, 0.3) is 99.4 Å². The Kier molecular flexibility index (Phi) is 8.87. The van der Waals surface area contributed by atoms with Gasteiger partial charge >= 0.3 is 0 Å². The van der Waals surface area contributed by atoms with Crippen LogP contribution in [0.1, 0.15) is 22.3 Å². The van der Waals surface area contributed by atoms with Gasteiger partial charge in [0.1, 0.15) is 11.5 Å². The Morgan fingerprint density at radius 3 is 1.57 bits per heavy atom. The monoisotopic (exact) mass is 899 g/mol. The van der Waals surface area contributed by atoms with Gasteiger partial charge in [-0.1, -0.05) is 194 Å². The fraction of sp³-hybridized carbons (Fsp3) is 0.0161. The van der Waals surface area contributed by atoms with E-state index in [4.69, 9.17) is 29.7 Å². The van der Waals surface area contributed by atoms with E-state index in [1.165, 1.54) is 15.8 Å². The fourth-order valence-electron chi connectivity index (χ4n) is 10.6. The Morgan fingerprint density at radius 2 is 0.870 bits per heavy atom. The zero-order chi connectivity index (χ0) is 45.5. The molecule has 1 spiro atoms. The highest BCUT2D eigenvalue weighted by Gasteiger charge is 2.51. The first-order chi connectivity index (χ1) is 34.2. The topological polar surface area (TPSA) is 73.7 Å². The molecule has 3 aromatic heterocycles. The third-order valence-corrected chi connectivity index (χ3v) is 14.8. The van der Waals surface area contributed by atoms with Crippen molar-refractivity contribution in [2.45, 2.75) is 5.41 Å². The number of thiophene rings is 1. The van der Waals surface area contributed by atoms with Crippen LogP contribution in [0.2, 0.25) is 0 Å². The SMILES string of the molecule is c1ccc(-c2nc(-c3ccccc3)nc(-c3ccc4c(c3)-c3c(-c5cccc(-c6nc(-c7ccccc7)c7sc8ccccc8c7n6)c5)cccc3C43c4ccccc4Oc4ccccc43)n2)cc1. The molecular weight excluding hydrogens is 863 g/mol. The predicted molar refractivity (Wildman–Crippen MR) is 278 cm³/mol. The summed E-state index contributed by atoms with van der Waals surface area (Å²) in [5.41, 5.74) is 14.9. The number of aromatic nitrogens is 5. The fourth-order valence-corrected chi connectivity index (χ4v) is 11.8. The summed E-state index contributed by atoms with van der Waals surface area (Å²) in [4.78, 5) is 26.1. The van der Waals surface area contributed by atoms with E-state index in [1.807, 2.05) is 66.7 Å². The van der Waals surface area contributed by atoms with Crippen LogP contribution in [0.15, 0.2) is 224 Å². The first-order valence-electron chi connectivity index (χ1n) is 23.1. The Hall–Kier alpha value is -8.91. The van der Waals surface area contributed by atoms with Gasteiger partial charge in [0.25, 0.3) is 0 Å². The zero-order valence-corrected chi connectivity index (χ0v) is 37.7. The van der Waals surface area contributed by atoms with E-state index in [2.05, 4.69) is 158 Å². The first kappa shape index (κ1) is 39.3. The lowest BCUT2D eigenvalue weighted by Gasteiger charge is -2.39. The van der Waals surface area contributed by atoms with Crippen molar-refractivity contribution < 1.29 is 4.74 Å². The molecule has 69 heavy (non-hydrogen) atoms. The Balaban J connectivity index is 1.01. The molecule has 0 fully saturated rings. The van der Waals surface area contributed by atoms with Crippen LogP contribution in [-0.4, -0.2) is 24.9 Å². The third kappa shape index (κ3) is 6.14. The molecular formula is C62H37N5OS. The Labute approximate surface area is 402 Å². The van der Waals surface area contributed by atoms with Gasteiger partial charge in [0.2, 0.25) is 0 Å². The highest BCUT2D eigenvalue weighted by molar-refractivity contribution is 7.26. The third-order valence-electron chi connectivity index (χ3n) is 13.6. The molecule has 0 unspecified atom stereocenters. The lowest BCUT2D eigenvalue weighted by Crippen LogP contribution is -2.32. The second-order valence-electron chi connectivity index (χ2n) is 17.5. The Morgan fingerprint density at radius 1 is 0.348 bits per heavy atom. The van der Waals surface area contributed by atoms with E-state index < -0.39 is 5.41 Å². The number of ether oxygens (including phenoxy) is 1. The minimum Gasteiger partial charge on any atom is -0.457 e. The highest BCUT2D eigenvalue weighted by Crippen LogP contribution is 2.63. The number of nitrogens with zero attached hydrogens (tertiary/aromatic N) is 5. The molecule has 0 N–H and O–H groups in total. The average Bonchev–Trinajstić information content (AvgIpc) is 3.95. The molecule has 0 radical (unpaired) electrons. The van der Waals surface area contributed by atoms with Gasteiger partial charge < -0.3 is 4.74 Å². The van der Waals surface area contributed by atoms with Gasteiger partial charge in [-0.3, -0.25) is 0 Å². The molecule has 1 aliphatic heterocycles. The van der Waals surface area contributed by atoms with Crippen LogP contribution in [0, 0.1) is 0 Å². The summed E-state index contributed by atoms with van der Waals surface area (Å²) in [6.07, 6.45) is 0. The van der Waals surface area contributed by atoms with Gasteiger partial charge in [0.05, 0.1) is 21.3 Å². The second kappa shape index (κ2) is 15.6. The summed E-state index contributed by atoms with van der Waals surface area (Å²) in [5, 5.41) is 1.13. The van der Waals surface area contributed by atoms with E-state index in [0.29, 0.717) is 23.3 Å².